The van der Waals surface area contributed by atoms with Gasteiger partial charge >= 0.3 is 0 Å². The Hall–Kier alpha value is -0.650. The van der Waals surface area contributed by atoms with Crippen LogP contribution in [0.15, 0.2) is 0 Å². The van der Waals surface area contributed by atoms with Crippen LogP contribution in [0.2, 0.25) is 0 Å². The zero-order chi connectivity index (χ0) is 11.3. The van der Waals surface area contributed by atoms with Gasteiger partial charge in [-0.1, -0.05) is 0 Å². The third-order valence-electron chi connectivity index (χ3n) is 2.51. The number of hydrogen-bond acceptors (Lipinski definition) is 4. The monoisotopic (exact) mass is 216 g/mol. The number of carbonyl (C=O) groups is 1. The molecule has 1 heterocycles. The van der Waals surface area contributed by atoms with Crippen molar-refractivity contribution in [3.05, 3.63) is 0 Å². The molecule has 1 fully saturated rings. The van der Waals surface area contributed by atoms with Gasteiger partial charge in [-0.3, -0.25) is 4.79 Å². The standard InChI is InChI=1S/C10H20N2O3/c1-11(2)4-3-5-12-9(6-13)7-15-8-10(12)14/h9,13H,3-8H2,1-2H3. The number of hydrogen-bond donors (Lipinski definition) is 1. The first-order valence-corrected chi connectivity index (χ1v) is 5.28. The number of aliphatic hydroxyl groups is 1. The van der Waals surface area contributed by atoms with Gasteiger partial charge in [-0.2, -0.15) is 0 Å². The summed E-state index contributed by atoms with van der Waals surface area (Å²) in [6, 6.07) is -0.159. The molecule has 0 aromatic heterocycles. The van der Waals surface area contributed by atoms with Crippen LogP contribution in [0, 0.1) is 0 Å². The van der Waals surface area contributed by atoms with Crippen LogP contribution in [-0.4, -0.2) is 73.9 Å². The Kier molecular flexibility index (Phi) is 5.01. The van der Waals surface area contributed by atoms with E-state index in [1.54, 1.807) is 4.90 Å². The maximum atomic E-state index is 11.5. The zero-order valence-electron chi connectivity index (χ0n) is 9.48. The van der Waals surface area contributed by atoms with Crippen molar-refractivity contribution >= 4 is 5.91 Å². The Morgan fingerprint density at radius 3 is 2.93 bits per heavy atom. The topological polar surface area (TPSA) is 53.0 Å². The van der Waals surface area contributed by atoms with E-state index in [0.29, 0.717) is 13.2 Å². The summed E-state index contributed by atoms with van der Waals surface area (Å²) in [6.45, 7) is 2.23. The highest BCUT2D eigenvalue weighted by molar-refractivity contribution is 5.78. The van der Waals surface area contributed by atoms with E-state index in [0.717, 1.165) is 13.0 Å². The molecule has 0 aromatic carbocycles. The average molecular weight is 216 g/mol. The number of rotatable bonds is 5. The van der Waals surface area contributed by atoms with Crippen LogP contribution in [-0.2, 0) is 9.53 Å². The normalized spacial score (nSPS) is 22.5. The minimum Gasteiger partial charge on any atom is -0.394 e. The first-order valence-electron chi connectivity index (χ1n) is 5.28. The van der Waals surface area contributed by atoms with Gasteiger partial charge in [0.2, 0.25) is 5.91 Å². The van der Waals surface area contributed by atoms with Crippen LogP contribution in [0.1, 0.15) is 6.42 Å². The lowest BCUT2D eigenvalue weighted by Gasteiger charge is -2.34. The number of aliphatic hydroxyl groups excluding tert-OH is 1. The van der Waals surface area contributed by atoms with Gasteiger partial charge in [0.1, 0.15) is 6.61 Å². The fourth-order valence-electron chi connectivity index (χ4n) is 1.67. The molecule has 1 amide bonds. The van der Waals surface area contributed by atoms with Gasteiger partial charge in [-0.05, 0) is 27.1 Å². The quantitative estimate of drug-likeness (QED) is 0.651. The first kappa shape index (κ1) is 12.4. The second kappa shape index (κ2) is 6.05. The molecule has 5 heteroatoms. The van der Waals surface area contributed by atoms with Gasteiger partial charge in [0.25, 0.3) is 0 Å². The van der Waals surface area contributed by atoms with E-state index in [4.69, 9.17) is 9.84 Å². The van der Waals surface area contributed by atoms with Gasteiger partial charge in [0.15, 0.2) is 0 Å². The van der Waals surface area contributed by atoms with Crippen molar-refractivity contribution in [1.29, 1.82) is 0 Å². The fourth-order valence-corrected chi connectivity index (χ4v) is 1.67. The van der Waals surface area contributed by atoms with Crippen molar-refractivity contribution in [3.8, 4) is 0 Å². The highest BCUT2D eigenvalue weighted by atomic mass is 16.5. The lowest BCUT2D eigenvalue weighted by molar-refractivity contribution is -0.150. The highest BCUT2D eigenvalue weighted by Crippen LogP contribution is 2.08. The average Bonchev–Trinajstić information content (AvgIpc) is 2.20. The molecule has 5 nitrogen and oxygen atoms in total. The van der Waals surface area contributed by atoms with Crippen molar-refractivity contribution in [2.45, 2.75) is 12.5 Å². The Labute approximate surface area is 90.6 Å². The summed E-state index contributed by atoms with van der Waals surface area (Å²) in [5, 5.41) is 9.10. The molecule has 1 rings (SSSR count). The molecule has 1 atom stereocenters. The molecule has 1 aliphatic heterocycles. The minimum atomic E-state index is -0.159. The number of ether oxygens (including phenoxy) is 1. The highest BCUT2D eigenvalue weighted by Gasteiger charge is 2.27. The van der Waals surface area contributed by atoms with E-state index < -0.39 is 0 Å². The largest absolute Gasteiger partial charge is 0.394 e. The Balaban J connectivity index is 2.37. The minimum absolute atomic E-state index is 0.0148. The van der Waals surface area contributed by atoms with Crippen molar-refractivity contribution in [2.75, 3.05) is 47.0 Å². The molecule has 1 N–H and O–H groups in total. The molecule has 0 bridgehead atoms. The van der Waals surface area contributed by atoms with Crippen molar-refractivity contribution in [2.24, 2.45) is 0 Å². The molecule has 1 aliphatic rings. The molecule has 0 aliphatic carbocycles. The lowest BCUT2D eigenvalue weighted by atomic mass is 10.2. The van der Waals surface area contributed by atoms with Crippen molar-refractivity contribution in [1.82, 2.24) is 9.80 Å². The maximum Gasteiger partial charge on any atom is 0.248 e. The summed E-state index contributed by atoms with van der Waals surface area (Å²) < 4.78 is 5.08. The van der Waals surface area contributed by atoms with Gasteiger partial charge in [0, 0.05) is 6.54 Å². The van der Waals surface area contributed by atoms with Crippen molar-refractivity contribution in [3.63, 3.8) is 0 Å². The Morgan fingerprint density at radius 2 is 2.33 bits per heavy atom. The number of morpholine rings is 1. The van der Waals surface area contributed by atoms with Gasteiger partial charge in [-0.15, -0.1) is 0 Å². The summed E-state index contributed by atoms with van der Waals surface area (Å²) in [5.74, 6) is -0.0148. The van der Waals surface area contributed by atoms with E-state index in [-0.39, 0.29) is 25.2 Å². The molecular weight excluding hydrogens is 196 g/mol. The zero-order valence-corrected chi connectivity index (χ0v) is 9.48. The molecule has 0 aromatic rings. The third-order valence-corrected chi connectivity index (χ3v) is 2.51. The third kappa shape index (κ3) is 3.77. The van der Waals surface area contributed by atoms with E-state index in [1.807, 2.05) is 14.1 Å². The summed E-state index contributed by atoms with van der Waals surface area (Å²) in [6.07, 6.45) is 0.926. The molecule has 1 saturated heterocycles. The van der Waals surface area contributed by atoms with Crippen LogP contribution < -0.4 is 0 Å². The summed E-state index contributed by atoms with van der Waals surface area (Å²) >= 11 is 0. The summed E-state index contributed by atoms with van der Waals surface area (Å²) in [5.41, 5.74) is 0. The Bertz CT molecular complexity index is 209. The molecule has 0 radical (unpaired) electrons. The molecule has 0 spiro atoms. The SMILES string of the molecule is CN(C)CCCN1C(=O)COCC1CO. The first-order chi connectivity index (χ1) is 7.15. The van der Waals surface area contributed by atoms with Gasteiger partial charge < -0.3 is 19.6 Å². The van der Waals surface area contributed by atoms with E-state index in [1.165, 1.54) is 0 Å². The van der Waals surface area contributed by atoms with E-state index in [9.17, 15) is 4.79 Å². The van der Waals surface area contributed by atoms with E-state index in [2.05, 4.69) is 4.90 Å². The van der Waals surface area contributed by atoms with Crippen LogP contribution in [0.4, 0.5) is 0 Å². The second-order valence-corrected chi connectivity index (χ2v) is 4.10. The van der Waals surface area contributed by atoms with Crippen LogP contribution >= 0.6 is 0 Å². The van der Waals surface area contributed by atoms with Crippen LogP contribution in [0.3, 0.4) is 0 Å². The van der Waals surface area contributed by atoms with Crippen molar-refractivity contribution < 1.29 is 14.6 Å². The number of carbonyl (C=O) groups excluding carboxylic acids is 1. The number of nitrogens with zero attached hydrogens (tertiary/aromatic N) is 2. The molecule has 0 saturated carbocycles. The Morgan fingerprint density at radius 1 is 1.60 bits per heavy atom. The fraction of sp³-hybridized carbons (Fsp3) is 0.900. The predicted molar refractivity (Wildman–Crippen MR) is 56.6 cm³/mol. The van der Waals surface area contributed by atoms with E-state index >= 15 is 0 Å². The van der Waals surface area contributed by atoms with Gasteiger partial charge in [0.05, 0.1) is 19.3 Å². The number of amides is 1. The maximum absolute atomic E-state index is 11.5. The molecular formula is C10H20N2O3. The lowest BCUT2D eigenvalue weighted by Crippen LogP contribution is -2.51. The molecule has 1 unspecified atom stereocenters. The smallest absolute Gasteiger partial charge is 0.248 e. The second-order valence-electron chi connectivity index (χ2n) is 4.10. The van der Waals surface area contributed by atoms with Crippen LogP contribution in [0.5, 0.6) is 0 Å². The molecule has 15 heavy (non-hydrogen) atoms. The predicted octanol–water partition coefficient (Wildman–Crippen LogP) is -0.842. The van der Waals surface area contributed by atoms with Crippen LogP contribution in [0.25, 0.3) is 0 Å². The summed E-state index contributed by atoms with van der Waals surface area (Å²) in [7, 11) is 4.01. The van der Waals surface area contributed by atoms with Gasteiger partial charge in [-0.25, -0.2) is 0 Å². The molecule has 88 valence electrons. The summed E-state index contributed by atoms with van der Waals surface area (Å²) in [4.78, 5) is 15.3.